The fourth-order valence-corrected chi connectivity index (χ4v) is 7.42. The van der Waals surface area contributed by atoms with Crippen molar-refractivity contribution in [2.24, 2.45) is 5.92 Å². The molecular weight excluding hydrogens is 444 g/mol. The third-order valence-corrected chi connectivity index (χ3v) is 9.15. The summed E-state index contributed by atoms with van der Waals surface area (Å²) in [6.07, 6.45) is 18.5. The van der Waals surface area contributed by atoms with Crippen molar-refractivity contribution in [3.05, 3.63) is 132 Å². The Bertz CT molecular complexity index is 1470. The van der Waals surface area contributed by atoms with Crippen molar-refractivity contribution in [2.75, 3.05) is 0 Å². The van der Waals surface area contributed by atoms with Gasteiger partial charge in [0, 0.05) is 11.3 Å². The molecule has 0 aliphatic heterocycles. The minimum Gasteiger partial charge on any atom is -0.0767 e. The van der Waals surface area contributed by atoms with Crippen LogP contribution in [0.4, 0.5) is 0 Å². The van der Waals surface area contributed by atoms with Crippen LogP contribution >= 0.6 is 0 Å². The standard InChI is InChI=1S/C37H34/c1-2-12-24-37(23-11-1,31-17-9-10-18-31)36-33(28-15-7-4-8-16-28)21-22-34-32-20-19-29(25-30(32)26-35(34)36)27-13-5-3-6-14-27/h3-10,13-22,25,31H,1-2,11-12,23-24,26H2. The van der Waals surface area contributed by atoms with Gasteiger partial charge in [0.15, 0.2) is 0 Å². The lowest BCUT2D eigenvalue weighted by Crippen LogP contribution is -2.34. The van der Waals surface area contributed by atoms with Crippen molar-refractivity contribution in [2.45, 2.75) is 50.4 Å². The first-order valence-electron chi connectivity index (χ1n) is 14.1. The number of hydrogen-bond acceptors (Lipinski definition) is 0. The molecule has 3 aliphatic rings. The fraction of sp³-hybridized carbons (Fsp3) is 0.243. The molecule has 0 spiro atoms. The van der Waals surface area contributed by atoms with Crippen LogP contribution in [0.3, 0.4) is 0 Å². The molecule has 0 heterocycles. The summed E-state index contributed by atoms with van der Waals surface area (Å²) in [5, 5.41) is 0. The molecule has 0 atom stereocenters. The normalized spacial score (nSPS) is 17.9. The van der Waals surface area contributed by atoms with E-state index in [1.54, 1.807) is 11.1 Å². The molecule has 7 rings (SSSR count). The summed E-state index contributed by atoms with van der Waals surface area (Å²) in [7, 11) is 0. The van der Waals surface area contributed by atoms with E-state index in [2.05, 4.69) is 115 Å². The molecule has 4 aromatic carbocycles. The maximum Gasteiger partial charge on any atom is 0.00598 e. The highest BCUT2D eigenvalue weighted by molar-refractivity contribution is 5.86. The molecule has 0 heteroatoms. The smallest absolute Gasteiger partial charge is 0.00598 e. The van der Waals surface area contributed by atoms with Crippen molar-refractivity contribution >= 4 is 0 Å². The highest BCUT2D eigenvalue weighted by Crippen LogP contribution is 2.54. The van der Waals surface area contributed by atoms with Crippen LogP contribution in [0.2, 0.25) is 0 Å². The Hall–Kier alpha value is -3.64. The van der Waals surface area contributed by atoms with Gasteiger partial charge in [0.25, 0.3) is 0 Å². The Morgan fingerprint density at radius 1 is 0.541 bits per heavy atom. The second-order valence-corrected chi connectivity index (χ2v) is 11.2. The minimum absolute atomic E-state index is 0.154. The van der Waals surface area contributed by atoms with E-state index in [4.69, 9.17) is 0 Å². The molecule has 0 nitrogen and oxygen atoms in total. The molecule has 1 fully saturated rings. The van der Waals surface area contributed by atoms with E-state index < -0.39 is 0 Å². The summed E-state index contributed by atoms with van der Waals surface area (Å²) in [5.74, 6) is 0.475. The van der Waals surface area contributed by atoms with E-state index in [1.807, 2.05) is 0 Å². The molecular formula is C37H34. The van der Waals surface area contributed by atoms with Gasteiger partial charge in [-0.25, -0.2) is 0 Å². The number of benzene rings is 4. The van der Waals surface area contributed by atoms with Crippen molar-refractivity contribution in [3.8, 4) is 33.4 Å². The van der Waals surface area contributed by atoms with Gasteiger partial charge in [-0.2, -0.15) is 0 Å². The van der Waals surface area contributed by atoms with Crippen LogP contribution in [0.15, 0.2) is 115 Å². The second-order valence-electron chi connectivity index (χ2n) is 11.2. The predicted octanol–water partition coefficient (Wildman–Crippen LogP) is 9.93. The zero-order chi connectivity index (χ0) is 24.7. The van der Waals surface area contributed by atoms with Gasteiger partial charge in [0.1, 0.15) is 0 Å². The molecule has 182 valence electrons. The third-order valence-electron chi connectivity index (χ3n) is 9.15. The largest absolute Gasteiger partial charge is 0.0767 e. The minimum atomic E-state index is 0.154. The summed E-state index contributed by atoms with van der Waals surface area (Å²) in [6.45, 7) is 0. The quantitative estimate of drug-likeness (QED) is 0.225. The summed E-state index contributed by atoms with van der Waals surface area (Å²) >= 11 is 0. The molecule has 0 unspecified atom stereocenters. The lowest BCUT2D eigenvalue weighted by Gasteiger charge is -2.41. The summed E-state index contributed by atoms with van der Waals surface area (Å²) in [4.78, 5) is 0. The van der Waals surface area contributed by atoms with E-state index >= 15 is 0 Å². The van der Waals surface area contributed by atoms with Crippen LogP contribution in [0.1, 0.15) is 55.2 Å². The molecule has 1 saturated carbocycles. The summed E-state index contributed by atoms with van der Waals surface area (Å²) in [5.41, 5.74) is 13.2. The van der Waals surface area contributed by atoms with E-state index in [1.165, 1.54) is 77.5 Å². The molecule has 0 radical (unpaired) electrons. The zero-order valence-corrected chi connectivity index (χ0v) is 21.5. The van der Waals surface area contributed by atoms with Gasteiger partial charge in [-0.05, 0) is 69.3 Å². The first-order chi connectivity index (χ1) is 18.3. The zero-order valence-electron chi connectivity index (χ0n) is 21.5. The van der Waals surface area contributed by atoms with Gasteiger partial charge in [-0.1, -0.05) is 141 Å². The maximum atomic E-state index is 2.48. The highest BCUT2D eigenvalue weighted by atomic mass is 14.5. The molecule has 0 aromatic heterocycles. The van der Waals surface area contributed by atoms with Crippen LogP contribution in [0, 0.1) is 5.92 Å². The van der Waals surface area contributed by atoms with Crippen LogP contribution < -0.4 is 0 Å². The van der Waals surface area contributed by atoms with Gasteiger partial charge in [-0.15, -0.1) is 0 Å². The SMILES string of the molecule is C1=CC(C2(c3c(-c4ccccc4)ccc4c3Cc3cc(-c5ccccc5)ccc3-4)CCCCCC2)C=C1. The molecule has 37 heavy (non-hydrogen) atoms. The molecule has 0 N–H and O–H groups in total. The molecule has 4 aromatic rings. The molecule has 3 aliphatic carbocycles. The molecule has 0 saturated heterocycles. The van der Waals surface area contributed by atoms with Crippen molar-refractivity contribution in [1.29, 1.82) is 0 Å². The molecule has 0 amide bonds. The van der Waals surface area contributed by atoms with Gasteiger partial charge in [-0.3, -0.25) is 0 Å². The van der Waals surface area contributed by atoms with Crippen molar-refractivity contribution in [3.63, 3.8) is 0 Å². The van der Waals surface area contributed by atoms with Crippen LogP contribution in [-0.4, -0.2) is 0 Å². The van der Waals surface area contributed by atoms with Gasteiger partial charge >= 0.3 is 0 Å². The lowest BCUT2D eigenvalue weighted by molar-refractivity contribution is 0.317. The Labute approximate surface area is 221 Å². The Balaban J connectivity index is 1.45. The van der Waals surface area contributed by atoms with Crippen LogP contribution in [-0.2, 0) is 11.8 Å². The third kappa shape index (κ3) is 3.82. The lowest BCUT2D eigenvalue weighted by atomic mass is 9.62. The predicted molar refractivity (Wildman–Crippen MR) is 157 cm³/mol. The number of allylic oxidation sites excluding steroid dienone is 4. The van der Waals surface area contributed by atoms with E-state index in [0.29, 0.717) is 5.92 Å². The average molecular weight is 479 g/mol. The Morgan fingerprint density at radius 2 is 1.16 bits per heavy atom. The highest BCUT2D eigenvalue weighted by Gasteiger charge is 2.43. The number of hydrogen-bond donors (Lipinski definition) is 0. The van der Waals surface area contributed by atoms with E-state index in [9.17, 15) is 0 Å². The Morgan fingerprint density at radius 3 is 1.86 bits per heavy atom. The monoisotopic (exact) mass is 478 g/mol. The van der Waals surface area contributed by atoms with Crippen molar-refractivity contribution < 1.29 is 0 Å². The summed E-state index contributed by atoms with van der Waals surface area (Å²) in [6, 6.07) is 34.0. The van der Waals surface area contributed by atoms with Gasteiger partial charge < -0.3 is 0 Å². The topological polar surface area (TPSA) is 0 Å². The number of rotatable bonds is 4. The van der Waals surface area contributed by atoms with E-state index in [0.717, 1.165) is 6.42 Å². The summed E-state index contributed by atoms with van der Waals surface area (Å²) < 4.78 is 0. The van der Waals surface area contributed by atoms with Crippen LogP contribution in [0.25, 0.3) is 33.4 Å². The maximum absolute atomic E-state index is 2.48. The average Bonchev–Trinajstić information content (AvgIpc) is 3.56. The molecule has 0 bridgehead atoms. The van der Waals surface area contributed by atoms with Gasteiger partial charge in [0.2, 0.25) is 0 Å². The first-order valence-corrected chi connectivity index (χ1v) is 14.1. The van der Waals surface area contributed by atoms with Gasteiger partial charge in [0.05, 0.1) is 0 Å². The fourth-order valence-electron chi connectivity index (χ4n) is 7.42. The van der Waals surface area contributed by atoms with Crippen LogP contribution in [0.5, 0.6) is 0 Å². The first kappa shape index (κ1) is 22.5. The van der Waals surface area contributed by atoms with Crippen molar-refractivity contribution in [1.82, 2.24) is 0 Å². The second kappa shape index (κ2) is 9.34. The Kier molecular flexibility index (Phi) is 5.69. The number of fused-ring (bicyclic) bond motifs is 3. The van der Waals surface area contributed by atoms with E-state index in [-0.39, 0.29) is 5.41 Å².